The summed E-state index contributed by atoms with van der Waals surface area (Å²) in [6.45, 7) is 9.05. The number of rotatable bonds is 4. The molecule has 0 aliphatic heterocycles. The number of hydrogen-bond donors (Lipinski definition) is 1. The van der Waals surface area contributed by atoms with Gasteiger partial charge in [0.2, 0.25) is 5.91 Å². The molecule has 0 rings (SSSR count). The van der Waals surface area contributed by atoms with Crippen LogP contribution in [0.1, 0.15) is 40.5 Å². The van der Waals surface area contributed by atoms with Crippen LogP contribution < -0.4 is 5.32 Å². The Labute approximate surface area is 89.6 Å². The van der Waals surface area contributed by atoms with Gasteiger partial charge in [-0.2, -0.15) is 0 Å². The fourth-order valence-corrected chi connectivity index (χ4v) is 1.18. The molecule has 0 fully saturated rings. The average Bonchev–Trinajstić information content (AvgIpc) is 1.81. The molecule has 0 bridgehead atoms. The quantitative estimate of drug-likeness (QED) is 0.763. The van der Waals surface area contributed by atoms with Gasteiger partial charge in [-0.15, -0.1) is 0 Å². The molecule has 0 aromatic heterocycles. The van der Waals surface area contributed by atoms with Crippen molar-refractivity contribution in [3.05, 3.63) is 0 Å². The van der Waals surface area contributed by atoms with Crippen LogP contribution in [0.2, 0.25) is 0 Å². The monoisotopic (exact) mass is 249 g/mol. The minimum atomic E-state index is 0.0874. The normalized spacial score (nSPS) is 13.9. The first-order valence-electron chi connectivity index (χ1n) is 4.72. The number of alkyl halides is 1. The van der Waals surface area contributed by atoms with Gasteiger partial charge in [0.05, 0.1) is 0 Å². The second-order valence-corrected chi connectivity index (χ2v) is 6.22. The fraction of sp³-hybridized carbons (Fsp3) is 0.900. The summed E-state index contributed by atoms with van der Waals surface area (Å²) in [4.78, 5) is 11.8. The van der Waals surface area contributed by atoms with E-state index in [1.54, 1.807) is 0 Å². The van der Waals surface area contributed by atoms with Crippen molar-refractivity contribution in [1.29, 1.82) is 0 Å². The van der Waals surface area contributed by atoms with Gasteiger partial charge in [0, 0.05) is 17.8 Å². The standard InChI is InChI=1S/C10H20BrNO/c1-8(11)5-6-12-9(13)7-10(2,3)4/h8H,5-7H2,1-4H3,(H,12,13). The first-order chi connectivity index (χ1) is 5.81. The summed E-state index contributed by atoms with van der Waals surface area (Å²) in [5.41, 5.74) is 0.0874. The summed E-state index contributed by atoms with van der Waals surface area (Å²) in [7, 11) is 0. The number of carbonyl (C=O) groups is 1. The van der Waals surface area contributed by atoms with Crippen molar-refractivity contribution >= 4 is 21.8 Å². The van der Waals surface area contributed by atoms with Gasteiger partial charge in [0.15, 0.2) is 0 Å². The zero-order valence-electron chi connectivity index (χ0n) is 8.98. The summed E-state index contributed by atoms with van der Waals surface area (Å²) in [5, 5.41) is 2.90. The molecule has 0 radical (unpaired) electrons. The molecule has 1 amide bonds. The molecule has 0 aliphatic rings. The minimum Gasteiger partial charge on any atom is -0.356 e. The molecule has 2 nitrogen and oxygen atoms in total. The minimum absolute atomic E-state index is 0.0874. The molecular formula is C10H20BrNO. The summed E-state index contributed by atoms with van der Waals surface area (Å²) in [6.07, 6.45) is 1.58. The molecule has 1 atom stereocenters. The van der Waals surface area contributed by atoms with E-state index in [4.69, 9.17) is 0 Å². The lowest BCUT2D eigenvalue weighted by Crippen LogP contribution is -2.29. The molecule has 78 valence electrons. The molecule has 0 spiro atoms. The van der Waals surface area contributed by atoms with Gasteiger partial charge in [-0.1, -0.05) is 43.6 Å². The number of hydrogen-bond acceptors (Lipinski definition) is 1. The summed E-state index contributed by atoms with van der Waals surface area (Å²) in [6, 6.07) is 0. The van der Waals surface area contributed by atoms with E-state index in [9.17, 15) is 4.79 Å². The first-order valence-corrected chi connectivity index (χ1v) is 5.63. The Morgan fingerprint density at radius 1 is 1.46 bits per heavy atom. The third kappa shape index (κ3) is 9.87. The van der Waals surface area contributed by atoms with Crippen LogP contribution in [0, 0.1) is 5.41 Å². The van der Waals surface area contributed by atoms with E-state index >= 15 is 0 Å². The Kier molecular flexibility index (Phi) is 5.61. The molecule has 0 aliphatic carbocycles. The molecule has 0 saturated carbocycles. The van der Waals surface area contributed by atoms with Crippen molar-refractivity contribution in [2.45, 2.75) is 45.4 Å². The molecular weight excluding hydrogens is 230 g/mol. The highest BCUT2D eigenvalue weighted by Gasteiger charge is 2.15. The van der Waals surface area contributed by atoms with E-state index < -0.39 is 0 Å². The molecule has 0 aromatic rings. The van der Waals surface area contributed by atoms with Crippen LogP contribution >= 0.6 is 15.9 Å². The number of nitrogens with one attached hydrogen (secondary N) is 1. The van der Waals surface area contributed by atoms with Crippen LogP contribution in [0.4, 0.5) is 0 Å². The number of carbonyl (C=O) groups excluding carboxylic acids is 1. The van der Waals surface area contributed by atoms with Crippen LogP contribution in [0.25, 0.3) is 0 Å². The third-order valence-electron chi connectivity index (χ3n) is 1.56. The lowest BCUT2D eigenvalue weighted by Gasteiger charge is -2.17. The zero-order valence-corrected chi connectivity index (χ0v) is 10.6. The van der Waals surface area contributed by atoms with Crippen LogP contribution in [0.3, 0.4) is 0 Å². The van der Waals surface area contributed by atoms with Crippen molar-refractivity contribution in [1.82, 2.24) is 5.32 Å². The molecule has 0 aromatic carbocycles. The topological polar surface area (TPSA) is 29.1 Å². The largest absolute Gasteiger partial charge is 0.356 e. The smallest absolute Gasteiger partial charge is 0.220 e. The first kappa shape index (κ1) is 12.9. The maximum Gasteiger partial charge on any atom is 0.220 e. The predicted octanol–water partition coefficient (Wildman–Crippen LogP) is 2.71. The molecule has 0 saturated heterocycles. The van der Waals surface area contributed by atoms with Crippen molar-refractivity contribution in [3.8, 4) is 0 Å². The van der Waals surface area contributed by atoms with Crippen LogP contribution in [-0.2, 0) is 4.79 Å². The average molecular weight is 250 g/mol. The van der Waals surface area contributed by atoms with Crippen molar-refractivity contribution in [3.63, 3.8) is 0 Å². The lowest BCUT2D eigenvalue weighted by molar-refractivity contribution is -0.122. The van der Waals surface area contributed by atoms with Gasteiger partial charge in [0.25, 0.3) is 0 Å². The zero-order chi connectivity index (χ0) is 10.5. The van der Waals surface area contributed by atoms with E-state index in [1.807, 2.05) is 0 Å². The van der Waals surface area contributed by atoms with Crippen molar-refractivity contribution in [2.24, 2.45) is 5.41 Å². The van der Waals surface area contributed by atoms with E-state index in [-0.39, 0.29) is 11.3 Å². The van der Waals surface area contributed by atoms with Crippen LogP contribution in [-0.4, -0.2) is 17.3 Å². The van der Waals surface area contributed by atoms with Gasteiger partial charge in [-0.25, -0.2) is 0 Å². The second kappa shape index (κ2) is 5.63. The predicted molar refractivity (Wildman–Crippen MR) is 60.1 cm³/mol. The molecule has 3 heteroatoms. The Morgan fingerprint density at radius 3 is 2.38 bits per heavy atom. The summed E-state index contributed by atoms with van der Waals surface area (Å²) < 4.78 is 0. The molecule has 0 heterocycles. The fourth-order valence-electron chi connectivity index (χ4n) is 0.955. The maximum absolute atomic E-state index is 11.3. The molecule has 13 heavy (non-hydrogen) atoms. The molecule has 1 N–H and O–H groups in total. The van der Waals surface area contributed by atoms with Crippen molar-refractivity contribution in [2.75, 3.05) is 6.54 Å². The van der Waals surface area contributed by atoms with Gasteiger partial charge in [0.1, 0.15) is 0 Å². The maximum atomic E-state index is 11.3. The Balaban J connectivity index is 3.53. The van der Waals surface area contributed by atoms with Gasteiger partial charge in [-0.05, 0) is 11.8 Å². The number of halogens is 1. The highest BCUT2D eigenvalue weighted by Crippen LogP contribution is 2.17. The third-order valence-corrected chi connectivity index (χ3v) is 2.01. The van der Waals surface area contributed by atoms with Crippen molar-refractivity contribution < 1.29 is 4.79 Å². The number of amides is 1. The lowest BCUT2D eigenvalue weighted by atomic mass is 9.92. The summed E-state index contributed by atoms with van der Waals surface area (Å²) >= 11 is 3.43. The van der Waals surface area contributed by atoms with Gasteiger partial charge in [-0.3, -0.25) is 4.79 Å². The van der Waals surface area contributed by atoms with E-state index in [1.165, 1.54) is 0 Å². The highest BCUT2D eigenvalue weighted by atomic mass is 79.9. The Bertz CT molecular complexity index is 161. The van der Waals surface area contributed by atoms with E-state index in [0.717, 1.165) is 13.0 Å². The second-order valence-electron chi connectivity index (χ2n) is 4.66. The van der Waals surface area contributed by atoms with E-state index in [0.29, 0.717) is 11.2 Å². The van der Waals surface area contributed by atoms with Crippen LogP contribution in [0.5, 0.6) is 0 Å². The summed E-state index contributed by atoms with van der Waals surface area (Å²) in [5.74, 6) is 0.153. The Morgan fingerprint density at radius 2 is 2.00 bits per heavy atom. The van der Waals surface area contributed by atoms with Gasteiger partial charge >= 0.3 is 0 Å². The van der Waals surface area contributed by atoms with E-state index in [2.05, 4.69) is 48.9 Å². The SMILES string of the molecule is CC(Br)CCNC(=O)CC(C)(C)C. The Hall–Kier alpha value is -0.0500. The molecule has 1 unspecified atom stereocenters. The highest BCUT2D eigenvalue weighted by molar-refractivity contribution is 9.09. The van der Waals surface area contributed by atoms with Gasteiger partial charge < -0.3 is 5.32 Å². The van der Waals surface area contributed by atoms with Crippen LogP contribution in [0.15, 0.2) is 0 Å².